The molecule has 0 aromatic carbocycles. The van der Waals surface area contributed by atoms with Gasteiger partial charge >= 0.3 is 0 Å². The molecule has 19 heavy (non-hydrogen) atoms. The largest absolute Gasteiger partial charge is 0.381 e. The number of carbonyl (C=O) groups is 1. The zero-order chi connectivity index (χ0) is 13.7. The summed E-state index contributed by atoms with van der Waals surface area (Å²) in [5.41, 5.74) is 2.78. The lowest BCUT2D eigenvalue weighted by molar-refractivity contribution is 0.0950. The molecule has 1 aliphatic rings. The van der Waals surface area contributed by atoms with E-state index < -0.39 is 0 Å². The summed E-state index contributed by atoms with van der Waals surface area (Å²) in [6, 6.07) is 1.54. The fourth-order valence-electron chi connectivity index (χ4n) is 1.97. The van der Waals surface area contributed by atoms with Crippen LogP contribution < -0.4 is 16.6 Å². The number of nitrogens with two attached hydrogens (primary N) is 1. The van der Waals surface area contributed by atoms with Gasteiger partial charge in [0.1, 0.15) is 0 Å². The van der Waals surface area contributed by atoms with Crippen LogP contribution in [0.25, 0.3) is 0 Å². The molecule has 2 rings (SSSR count). The Kier molecular flexibility index (Phi) is 4.95. The maximum atomic E-state index is 11.9. The summed E-state index contributed by atoms with van der Waals surface area (Å²) in [5.74, 6) is 5.93. The van der Waals surface area contributed by atoms with Gasteiger partial charge < -0.3 is 15.5 Å². The highest BCUT2D eigenvalue weighted by Gasteiger charge is 2.16. The number of rotatable bonds is 5. The Morgan fingerprint density at radius 1 is 1.63 bits per heavy atom. The number of hydrogen-bond acceptors (Lipinski definition) is 5. The van der Waals surface area contributed by atoms with Crippen molar-refractivity contribution < 1.29 is 9.53 Å². The molecule has 1 fully saturated rings. The van der Waals surface area contributed by atoms with Gasteiger partial charge in [-0.3, -0.25) is 4.79 Å². The second-order valence-electron chi connectivity index (χ2n) is 4.47. The summed E-state index contributed by atoms with van der Waals surface area (Å²) >= 11 is 5.91. The van der Waals surface area contributed by atoms with Crippen molar-refractivity contribution in [2.24, 2.45) is 11.8 Å². The third kappa shape index (κ3) is 3.79. The summed E-state index contributed by atoms with van der Waals surface area (Å²) < 4.78 is 5.28. The number of nitrogen functional groups attached to an aromatic ring is 1. The average molecular weight is 285 g/mol. The van der Waals surface area contributed by atoms with E-state index in [2.05, 4.69) is 15.7 Å². The minimum absolute atomic E-state index is 0.183. The van der Waals surface area contributed by atoms with E-state index in [0.717, 1.165) is 26.1 Å². The van der Waals surface area contributed by atoms with Crippen LogP contribution in [0.4, 0.5) is 5.82 Å². The molecule has 1 aromatic heterocycles. The van der Waals surface area contributed by atoms with Gasteiger partial charge in [-0.15, -0.1) is 0 Å². The van der Waals surface area contributed by atoms with E-state index in [1.165, 1.54) is 12.3 Å². The number of hydrogen-bond donors (Lipinski definition) is 3. The zero-order valence-electron chi connectivity index (χ0n) is 10.5. The second-order valence-corrected chi connectivity index (χ2v) is 4.88. The zero-order valence-corrected chi connectivity index (χ0v) is 11.2. The van der Waals surface area contributed by atoms with Gasteiger partial charge in [-0.1, -0.05) is 11.6 Å². The molecule has 4 N–H and O–H groups in total. The Morgan fingerprint density at radius 2 is 2.47 bits per heavy atom. The van der Waals surface area contributed by atoms with E-state index in [0.29, 0.717) is 28.9 Å². The molecule has 1 aromatic rings. The molecule has 0 bridgehead atoms. The smallest absolute Gasteiger partial charge is 0.252 e. The quantitative estimate of drug-likeness (QED) is 0.558. The van der Waals surface area contributed by atoms with Crippen LogP contribution in [0, 0.1) is 5.92 Å². The van der Waals surface area contributed by atoms with Crippen molar-refractivity contribution in [2.75, 3.05) is 25.2 Å². The summed E-state index contributed by atoms with van der Waals surface area (Å²) in [4.78, 5) is 15.8. The molecular weight excluding hydrogens is 268 g/mol. The van der Waals surface area contributed by atoms with Gasteiger partial charge in [0, 0.05) is 26.0 Å². The van der Waals surface area contributed by atoms with Crippen molar-refractivity contribution in [3.8, 4) is 0 Å². The number of hydrazine groups is 1. The first-order valence-corrected chi connectivity index (χ1v) is 6.56. The van der Waals surface area contributed by atoms with Gasteiger partial charge in [0.15, 0.2) is 5.82 Å². The first-order valence-electron chi connectivity index (χ1n) is 6.19. The van der Waals surface area contributed by atoms with E-state index in [4.69, 9.17) is 22.2 Å². The van der Waals surface area contributed by atoms with Gasteiger partial charge in [-0.2, -0.15) is 0 Å². The number of amides is 1. The van der Waals surface area contributed by atoms with Crippen molar-refractivity contribution in [1.29, 1.82) is 0 Å². The van der Waals surface area contributed by atoms with E-state index in [1.54, 1.807) is 0 Å². The second kappa shape index (κ2) is 6.70. The van der Waals surface area contributed by atoms with Crippen molar-refractivity contribution in [1.82, 2.24) is 10.3 Å². The van der Waals surface area contributed by atoms with Gasteiger partial charge in [0.05, 0.1) is 10.6 Å². The fraction of sp³-hybridized carbons (Fsp3) is 0.500. The summed E-state index contributed by atoms with van der Waals surface area (Å²) in [6.45, 7) is 2.24. The summed E-state index contributed by atoms with van der Waals surface area (Å²) in [7, 11) is 0. The first kappa shape index (κ1) is 14.0. The Morgan fingerprint density at radius 3 is 3.11 bits per heavy atom. The van der Waals surface area contributed by atoms with Crippen molar-refractivity contribution in [3.05, 3.63) is 22.8 Å². The number of carbonyl (C=O) groups excluding carboxylic acids is 1. The Balaban J connectivity index is 1.83. The van der Waals surface area contributed by atoms with E-state index in [1.807, 2.05) is 0 Å². The van der Waals surface area contributed by atoms with Crippen LogP contribution in [0.3, 0.4) is 0 Å². The van der Waals surface area contributed by atoms with Gasteiger partial charge in [-0.25, -0.2) is 10.8 Å². The minimum atomic E-state index is -0.183. The van der Waals surface area contributed by atoms with Crippen LogP contribution in [0.1, 0.15) is 23.2 Å². The number of anilines is 1. The van der Waals surface area contributed by atoms with Crippen LogP contribution in [0.2, 0.25) is 5.02 Å². The van der Waals surface area contributed by atoms with E-state index in [-0.39, 0.29) is 5.91 Å². The summed E-state index contributed by atoms with van der Waals surface area (Å²) in [6.07, 6.45) is 3.44. The van der Waals surface area contributed by atoms with Gasteiger partial charge in [0.25, 0.3) is 5.91 Å². The number of pyridine rings is 1. The van der Waals surface area contributed by atoms with Crippen LogP contribution >= 0.6 is 11.6 Å². The molecule has 1 saturated heterocycles. The maximum Gasteiger partial charge on any atom is 0.252 e. The highest BCUT2D eigenvalue weighted by molar-refractivity contribution is 6.33. The van der Waals surface area contributed by atoms with Crippen LogP contribution in [-0.2, 0) is 4.74 Å². The van der Waals surface area contributed by atoms with Gasteiger partial charge in [-0.05, 0) is 24.8 Å². The molecule has 0 spiro atoms. The number of nitrogens with one attached hydrogen (secondary N) is 2. The van der Waals surface area contributed by atoms with Crippen molar-refractivity contribution in [3.63, 3.8) is 0 Å². The Hall–Kier alpha value is -1.37. The molecule has 1 unspecified atom stereocenters. The van der Waals surface area contributed by atoms with E-state index >= 15 is 0 Å². The van der Waals surface area contributed by atoms with Crippen molar-refractivity contribution in [2.45, 2.75) is 12.8 Å². The molecule has 0 radical (unpaired) electrons. The normalized spacial score (nSPS) is 18.3. The average Bonchev–Trinajstić information content (AvgIpc) is 2.91. The topological polar surface area (TPSA) is 89.3 Å². The first-order chi connectivity index (χ1) is 9.20. The highest BCUT2D eigenvalue weighted by atomic mass is 35.5. The molecule has 0 aliphatic carbocycles. The Bertz CT molecular complexity index is 449. The molecule has 1 atom stereocenters. The molecule has 0 saturated carbocycles. The predicted molar refractivity (Wildman–Crippen MR) is 72.9 cm³/mol. The lowest BCUT2D eigenvalue weighted by Crippen LogP contribution is -2.26. The third-order valence-electron chi connectivity index (χ3n) is 3.10. The molecular formula is C12H17ClN4O2. The summed E-state index contributed by atoms with van der Waals surface area (Å²) in [5, 5.41) is 3.16. The minimum Gasteiger partial charge on any atom is -0.381 e. The monoisotopic (exact) mass is 284 g/mol. The molecule has 1 amide bonds. The molecule has 104 valence electrons. The maximum absolute atomic E-state index is 11.9. The third-order valence-corrected chi connectivity index (χ3v) is 3.39. The number of nitrogens with zero attached hydrogens (tertiary/aromatic N) is 1. The van der Waals surface area contributed by atoms with Gasteiger partial charge in [0.2, 0.25) is 0 Å². The lowest BCUT2D eigenvalue weighted by atomic mass is 10.1. The Labute approximate surface area is 116 Å². The van der Waals surface area contributed by atoms with Crippen LogP contribution in [0.5, 0.6) is 0 Å². The number of halogens is 1. The number of ether oxygens (including phenoxy) is 1. The SMILES string of the molecule is NNc1ncc(C(=O)NCCC2CCOC2)cc1Cl. The molecule has 1 aliphatic heterocycles. The van der Waals surface area contributed by atoms with Crippen LogP contribution in [-0.4, -0.2) is 30.6 Å². The fourth-order valence-corrected chi connectivity index (χ4v) is 2.19. The highest BCUT2D eigenvalue weighted by Crippen LogP contribution is 2.19. The predicted octanol–water partition coefficient (Wildman–Crippen LogP) is 1.18. The standard InChI is InChI=1S/C12H17ClN4O2/c13-10-5-9(6-16-11(10)17-14)12(18)15-3-1-8-2-4-19-7-8/h5-6,8H,1-4,7,14H2,(H,15,18)(H,16,17). The molecule has 7 heteroatoms. The molecule has 6 nitrogen and oxygen atoms in total. The van der Waals surface area contributed by atoms with Crippen LogP contribution in [0.15, 0.2) is 12.3 Å². The van der Waals surface area contributed by atoms with Crippen molar-refractivity contribution >= 4 is 23.3 Å². The number of aromatic nitrogens is 1. The van der Waals surface area contributed by atoms with E-state index in [9.17, 15) is 4.79 Å². The lowest BCUT2D eigenvalue weighted by Gasteiger charge is -2.09. The molecule has 2 heterocycles.